The molecule has 5 heteroatoms. The van der Waals surface area contributed by atoms with Gasteiger partial charge in [-0.2, -0.15) is 4.98 Å². The molecule has 0 aliphatic heterocycles. The average molecular weight is 236 g/mol. The molecule has 2 rings (SSSR count). The van der Waals surface area contributed by atoms with E-state index in [0.29, 0.717) is 5.95 Å². The zero-order valence-electron chi connectivity index (χ0n) is 9.58. The first kappa shape index (κ1) is 11.1. The molecule has 0 atom stereocenters. The van der Waals surface area contributed by atoms with E-state index >= 15 is 0 Å². The molecule has 0 fully saturated rings. The zero-order chi connectivity index (χ0) is 11.4. The van der Waals surface area contributed by atoms with Crippen LogP contribution in [-0.2, 0) is 0 Å². The van der Waals surface area contributed by atoms with E-state index in [4.69, 9.17) is 0 Å². The molecule has 16 heavy (non-hydrogen) atoms. The van der Waals surface area contributed by atoms with Crippen LogP contribution in [0.25, 0.3) is 10.2 Å². The molecule has 0 aliphatic carbocycles. The Morgan fingerprint density at radius 3 is 3.00 bits per heavy atom. The van der Waals surface area contributed by atoms with Crippen LogP contribution in [-0.4, -0.2) is 23.6 Å². The number of anilines is 2. The molecule has 86 valence electrons. The van der Waals surface area contributed by atoms with Crippen LogP contribution in [0.5, 0.6) is 0 Å². The fraction of sp³-hybridized carbons (Fsp3) is 0.455. The summed E-state index contributed by atoms with van der Waals surface area (Å²) in [6.45, 7) is 3.14. The SMILES string of the molecule is CCCCNc1nc(NC)nc2sccc12. The lowest BCUT2D eigenvalue weighted by molar-refractivity contribution is 0.832. The van der Waals surface area contributed by atoms with Crippen molar-refractivity contribution in [3.05, 3.63) is 11.4 Å². The van der Waals surface area contributed by atoms with E-state index in [1.54, 1.807) is 11.3 Å². The monoisotopic (exact) mass is 236 g/mol. The molecule has 0 aliphatic rings. The third-order valence-corrected chi connectivity index (χ3v) is 3.18. The summed E-state index contributed by atoms with van der Waals surface area (Å²) in [6, 6.07) is 2.06. The van der Waals surface area contributed by atoms with Crippen LogP contribution in [0.3, 0.4) is 0 Å². The van der Waals surface area contributed by atoms with Gasteiger partial charge in [-0.1, -0.05) is 13.3 Å². The molecule has 0 spiro atoms. The van der Waals surface area contributed by atoms with Crippen LogP contribution >= 0.6 is 11.3 Å². The van der Waals surface area contributed by atoms with Gasteiger partial charge in [0.2, 0.25) is 5.95 Å². The minimum Gasteiger partial charge on any atom is -0.369 e. The first-order valence-corrected chi connectivity index (χ1v) is 6.40. The van der Waals surface area contributed by atoms with Gasteiger partial charge in [-0.05, 0) is 17.9 Å². The molecule has 2 aromatic heterocycles. The van der Waals surface area contributed by atoms with E-state index < -0.39 is 0 Å². The second-order valence-corrected chi connectivity index (χ2v) is 4.46. The van der Waals surface area contributed by atoms with E-state index in [1.165, 1.54) is 6.42 Å². The quantitative estimate of drug-likeness (QED) is 0.784. The second kappa shape index (κ2) is 5.12. The van der Waals surface area contributed by atoms with Crippen LogP contribution in [0.1, 0.15) is 19.8 Å². The predicted molar refractivity (Wildman–Crippen MR) is 70.4 cm³/mol. The average Bonchev–Trinajstić information content (AvgIpc) is 2.77. The number of thiophene rings is 1. The van der Waals surface area contributed by atoms with Gasteiger partial charge in [0, 0.05) is 13.6 Å². The minimum absolute atomic E-state index is 0.675. The molecule has 0 amide bonds. The van der Waals surface area contributed by atoms with Crippen LogP contribution in [0.15, 0.2) is 11.4 Å². The summed E-state index contributed by atoms with van der Waals surface area (Å²) in [4.78, 5) is 9.86. The number of hydrogen-bond donors (Lipinski definition) is 2. The summed E-state index contributed by atoms with van der Waals surface area (Å²) in [5, 5.41) is 9.51. The zero-order valence-corrected chi connectivity index (χ0v) is 10.4. The highest BCUT2D eigenvalue weighted by Crippen LogP contribution is 2.26. The molecule has 0 bridgehead atoms. The summed E-state index contributed by atoms with van der Waals surface area (Å²) >= 11 is 1.64. The lowest BCUT2D eigenvalue weighted by Gasteiger charge is -2.07. The van der Waals surface area contributed by atoms with E-state index in [1.807, 2.05) is 12.4 Å². The van der Waals surface area contributed by atoms with Gasteiger partial charge in [-0.3, -0.25) is 0 Å². The Kier molecular flexibility index (Phi) is 3.56. The van der Waals surface area contributed by atoms with Crippen molar-refractivity contribution in [3.63, 3.8) is 0 Å². The Bertz CT molecular complexity index is 466. The lowest BCUT2D eigenvalue weighted by Crippen LogP contribution is -2.05. The van der Waals surface area contributed by atoms with Crippen molar-refractivity contribution in [2.24, 2.45) is 0 Å². The van der Waals surface area contributed by atoms with E-state index in [0.717, 1.165) is 29.0 Å². The highest BCUT2D eigenvalue weighted by Gasteiger charge is 2.07. The first-order chi connectivity index (χ1) is 7.85. The standard InChI is InChI=1S/C11H16N4S/c1-3-4-6-13-9-8-5-7-16-10(8)15-11(12-2)14-9/h5,7H,3-4,6H2,1-2H3,(H2,12,13,14,15). The normalized spacial score (nSPS) is 10.6. The number of nitrogens with zero attached hydrogens (tertiary/aromatic N) is 2. The summed E-state index contributed by atoms with van der Waals surface area (Å²) < 4.78 is 0. The number of aromatic nitrogens is 2. The van der Waals surface area contributed by atoms with Gasteiger partial charge in [0.25, 0.3) is 0 Å². The molecular weight excluding hydrogens is 220 g/mol. The van der Waals surface area contributed by atoms with E-state index in [9.17, 15) is 0 Å². The Morgan fingerprint density at radius 2 is 2.25 bits per heavy atom. The van der Waals surface area contributed by atoms with Crippen molar-refractivity contribution in [1.82, 2.24) is 9.97 Å². The molecule has 4 nitrogen and oxygen atoms in total. The highest BCUT2D eigenvalue weighted by atomic mass is 32.1. The molecule has 0 aromatic carbocycles. The van der Waals surface area contributed by atoms with Gasteiger partial charge in [-0.15, -0.1) is 11.3 Å². The van der Waals surface area contributed by atoms with Gasteiger partial charge < -0.3 is 10.6 Å². The van der Waals surface area contributed by atoms with Gasteiger partial charge in [-0.25, -0.2) is 4.98 Å². The fourth-order valence-corrected chi connectivity index (χ4v) is 2.25. The maximum atomic E-state index is 4.44. The molecule has 2 heterocycles. The van der Waals surface area contributed by atoms with Crippen molar-refractivity contribution in [2.45, 2.75) is 19.8 Å². The van der Waals surface area contributed by atoms with Crippen molar-refractivity contribution in [1.29, 1.82) is 0 Å². The summed E-state index contributed by atoms with van der Waals surface area (Å²) in [6.07, 6.45) is 2.34. The lowest BCUT2D eigenvalue weighted by atomic mass is 10.3. The topological polar surface area (TPSA) is 49.8 Å². The minimum atomic E-state index is 0.675. The maximum absolute atomic E-state index is 4.44. The van der Waals surface area contributed by atoms with Crippen LogP contribution in [0.4, 0.5) is 11.8 Å². The summed E-state index contributed by atoms with van der Waals surface area (Å²) in [7, 11) is 1.84. The highest BCUT2D eigenvalue weighted by molar-refractivity contribution is 7.16. The third kappa shape index (κ3) is 2.24. The number of rotatable bonds is 5. The Labute approximate surface area is 99.1 Å². The van der Waals surface area contributed by atoms with Gasteiger partial charge in [0.05, 0.1) is 5.39 Å². The number of fused-ring (bicyclic) bond motifs is 1. The fourth-order valence-electron chi connectivity index (χ4n) is 1.49. The first-order valence-electron chi connectivity index (χ1n) is 5.52. The Hall–Kier alpha value is -1.36. The number of hydrogen-bond acceptors (Lipinski definition) is 5. The largest absolute Gasteiger partial charge is 0.369 e. The number of nitrogens with one attached hydrogen (secondary N) is 2. The van der Waals surface area contributed by atoms with Gasteiger partial charge in [0.1, 0.15) is 10.6 Å². The Morgan fingerprint density at radius 1 is 1.38 bits per heavy atom. The molecular formula is C11H16N4S. The third-order valence-electron chi connectivity index (χ3n) is 2.37. The molecule has 0 saturated carbocycles. The smallest absolute Gasteiger partial charge is 0.225 e. The summed E-state index contributed by atoms with van der Waals surface area (Å²) in [5.41, 5.74) is 0. The molecule has 0 saturated heterocycles. The molecule has 0 unspecified atom stereocenters. The van der Waals surface area contributed by atoms with Crippen molar-refractivity contribution in [2.75, 3.05) is 24.2 Å². The van der Waals surface area contributed by atoms with E-state index in [2.05, 4.69) is 33.6 Å². The molecule has 2 N–H and O–H groups in total. The van der Waals surface area contributed by atoms with Crippen molar-refractivity contribution in [3.8, 4) is 0 Å². The Balaban J connectivity index is 2.29. The van der Waals surface area contributed by atoms with E-state index in [-0.39, 0.29) is 0 Å². The van der Waals surface area contributed by atoms with Crippen LogP contribution < -0.4 is 10.6 Å². The van der Waals surface area contributed by atoms with Crippen molar-refractivity contribution < 1.29 is 0 Å². The summed E-state index contributed by atoms with van der Waals surface area (Å²) in [5.74, 6) is 1.61. The second-order valence-electron chi connectivity index (χ2n) is 3.57. The van der Waals surface area contributed by atoms with Crippen molar-refractivity contribution >= 4 is 33.3 Å². The van der Waals surface area contributed by atoms with Gasteiger partial charge in [0.15, 0.2) is 0 Å². The predicted octanol–water partition coefficient (Wildman–Crippen LogP) is 2.95. The number of unbranched alkanes of at least 4 members (excludes halogenated alkanes) is 1. The molecule has 0 radical (unpaired) electrons. The van der Waals surface area contributed by atoms with Crippen LogP contribution in [0.2, 0.25) is 0 Å². The van der Waals surface area contributed by atoms with Gasteiger partial charge >= 0.3 is 0 Å². The maximum Gasteiger partial charge on any atom is 0.225 e. The molecule has 2 aromatic rings. The van der Waals surface area contributed by atoms with Crippen LogP contribution in [0, 0.1) is 0 Å².